The van der Waals surface area contributed by atoms with Crippen LogP contribution >= 0.6 is 11.3 Å². The lowest BCUT2D eigenvalue weighted by Crippen LogP contribution is -2.44. The predicted molar refractivity (Wildman–Crippen MR) is 74.0 cm³/mol. The molecule has 1 heterocycles. The van der Waals surface area contributed by atoms with Crippen molar-refractivity contribution in [2.45, 2.75) is 45.4 Å². The second kappa shape index (κ2) is 6.56. The number of rotatable bonds is 5. The average Bonchev–Trinajstić information content (AvgIpc) is 2.67. The highest BCUT2D eigenvalue weighted by Gasteiger charge is 2.23. The highest BCUT2D eigenvalue weighted by molar-refractivity contribution is 7.07. The van der Waals surface area contributed by atoms with Gasteiger partial charge in [0, 0.05) is 18.1 Å². The lowest BCUT2D eigenvalue weighted by Gasteiger charge is -2.22. The van der Waals surface area contributed by atoms with Crippen molar-refractivity contribution in [3.05, 3.63) is 21.2 Å². The average molecular weight is 302 g/mol. The maximum atomic E-state index is 11.5. The zero-order valence-corrected chi connectivity index (χ0v) is 12.4. The van der Waals surface area contributed by atoms with Gasteiger partial charge in [0.05, 0.1) is 0 Å². The molecule has 0 bridgehead atoms. The number of ether oxygens (including phenoxy) is 1. The Hall–Kier alpha value is -1.83. The smallest absolute Gasteiger partial charge is 0.408 e. The Labute approximate surface area is 120 Å². The summed E-state index contributed by atoms with van der Waals surface area (Å²) in [7, 11) is 0. The molecule has 112 valence electrons. The second-order valence-corrected chi connectivity index (χ2v) is 6.05. The molecule has 1 amide bonds. The van der Waals surface area contributed by atoms with Gasteiger partial charge in [0.15, 0.2) is 0 Å². The molecule has 0 aliphatic heterocycles. The molecule has 0 aliphatic rings. The largest absolute Gasteiger partial charge is 0.480 e. The third-order valence-electron chi connectivity index (χ3n) is 2.29. The van der Waals surface area contributed by atoms with E-state index in [1.54, 1.807) is 32.3 Å². The summed E-state index contributed by atoms with van der Waals surface area (Å²) < 4.78 is 6.40. The molecule has 20 heavy (non-hydrogen) atoms. The van der Waals surface area contributed by atoms with Gasteiger partial charge in [-0.05, 0) is 27.2 Å². The van der Waals surface area contributed by atoms with E-state index in [2.05, 4.69) is 5.32 Å². The molecule has 1 rings (SSSR count). The summed E-state index contributed by atoms with van der Waals surface area (Å²) in [4.78, 5) is 33.8. The Bertz CT molecular complexity index is 528. The van der Waals surface area contributed by atoms with Crippen molar-refractivity contribution in [2.24, 2.45) is 0 Å². The molecule has 1 unspecified atom stereocenters. The summed E-state index contributed by atoms with van der Waals surface area (Å²) in [5.74, 6) is -1.17. The van der Waals surface area contributed by atoms with Crippen LogP contribution < -0.4 is 10.2 Å². The summed E-state index contributed by atoms with van der Waals surface area (Å²) in [6.45, 7) is 5.28. The molecule has 1 atom stereocenters. The first kappa shape index (κ1) is 16.2. The topological polar surface area (TPSA) is 97.6 Å². The number of aryl methyl sites for hydroxylation is 1. The number of aromatic nitrogens is 1. The predicted octanol–water partition coefficient (Wildman–Crippen LogP) is 1.28. The molecule has 7 nitrogen and oxygen atoms in total. The van der Waals surface area contributed by atoms with Crippen LogP contribution in [0.25, 0.3) is 0 Å². The molecule has 1 aromatic heterocycles. The van der Waals surface area contributed by atoms with Crippen molar-refractivity contribution in [3.8, 4) is 0 Å². The number of aliphatic carboxylic acids is 1. The molecule has 0 fully saturated rings. The summed E-state index contributed by atoms with van der Waals surface area (Å²) >= 11 is 1.03. The highest BCUT2D eigenvalue weighted by Crippen LogP contribution is 2.07. The van der Waals surface area contributed by atoms with Gasteiger partial charge in [-0.3, -0.25) is 4.79 Å². The van der Waals surface area contributed by atoms with Gasteiger partial charge in [-0.15, -0.1) is 0 Å². The first-order chi connectivity index (χ1) is 9.19. The Kier molecular flexibility index (Phi) is 5.32. The Balaban J connectivity index is 2.57. The summed E-state index contributed by atoms with van der Waals surface area (Å²) in [6.07, 6.45) is 0.896. The molecular formula is C12H18N2O5S. The van der Waals surface area contributed by atoms with Gasteiger partial charge in [-0.1, -0.05) is 11.3 Å². The molecular weight excluding hydrogens is 284 g/mol. The van der Waals surface area contributed by atoms with Crippen LogP contribution in [0.15, 0.2) is 16.4 Å². The number of carboxylic acids is 1. The quantitative estimate of drug-likeness (QED) is 0.854. The SMILES string of the molecule is CC(C)(C)OC(=O)NC(CCn1ccsc1=O)C(=O)O. The number of thiazole rings is 1. The van der Waals surface area contributed by atoms with Crippen molar-refractivity contribution in [3.63, 3.8) is 0 Å². The van der Waals surface area contributed by atoms with Crippen molar-refractivity contribution >= 4 is 23.4 Å². The fraction of sp³-hybridized carbons (Fsp3) is 0.583. The fourth-order valence-electron chi connectivity index (χ4n) is 1.43. The van der Waals surface area contributed by atoms with Gasteiger partial charge in [0.25, 0.3) is 0 Å². The van der Waals surface area contributed by atoms with Crippen LogP contribution in [-0.4, -0.2) is 33.4 Å². The maximum Gasteiger partial charge on any atom is 0.408 e. The van der Waals surface area contributed by atoms with Gasteiger partial charge in [0.1, 0.15) is 11.6 Å². The first-order valence-electron chi connectivity index (χ1n) is 6.05. The number of hydrogen-bond donors (Lipinski definition) is 2. The Morgan fingerprint density at radius 2 is 2.15 bits per heavy atom. The van der Waals surface area contributed by atoms with Gasteiger partial charge in [-0.2, -0.15) is 0 Å². The highest BCUT2D eigenvalue weighted by atomic mass is 32.1. The van der Waals surface area contributed by atoms with Crippen LogP contribution in [0.1, 0.15) is 27.2 Å². The number of carboxylic acid groups (broad SMARTS) is 1. The van der Waals surface area contributed by atoms with Crippen LogP contribution in [0.5, 0.6) is 0 Å². The van der Waals surface area contributed by atoms with E-state index in [-0.39, 0.29) is 17.8 Å². The number of nitrogens with zero attached hydrogens (tertiary/aromatic N) is 1. The molecule has 0 saturated carbocycles. The Morgan fingerprint density at radius 1 is 1.50 bits per heavy atom. The minimum Gasteiger partial charge on any atom is -0.480 e. The van der Waals surface area contributed by atoms with E-state index in [1.165, 1.54) is 4.57 Å². The van der Waals surface area contributed by atoms with E-state index in [0.717, 1.165) is 11.3 Å². The zero-order valence-electron chi connectivity index (χ0n) is 11.6. The molecule has 0 aliphatic carbocycles. The third kappa shape index (κ3) is 5.43. The maximum absolute atomic E-state index is 11.5. The van der Waals surface area contributed by atoms with E-state index in [9.17, 15) is 14.4 Å². The van der Waals surface area contributed by atoms with Gasteiger partial charge < -0.3 is 19.7 Å². The van der Waals surface area contributed by atoms with Crippen molar-refractivity contribution in [2.75, 3.05) is 0 Å². The molecule has 1 aromatic rings. The van der Waals surface area contributed by atoms with E-state index in [1.807, 2.05) is 0 Å². The van der Waals surface area contributed by atoms with Gasteiger partial charge >= 0.3 is 16.9 Å². The molecule has 0 spiro atoms. The number of hydrogen-bond acceptors (Lipinski definition) is 5. The number of alkyl carbamates (subject to hydrolysis) is 1. The van der Waals surface area contributed by atoms with Crippen molar-refractivity contribution < 1.29 is 19.4 Å². The lowest BCUT2D eigenvalue weighted by molar-refractivity contribution is -0.139. The van der Waals surface area contributed by atoms with E-state index < -0.39 is 23.7 Å². The second-order valence-electron chi connectivity index (χ2n) is 5.19. The van der Waals surface area contributed by atoms with E-state index >= 15 is 0 Å². The summed E-state index contributed by atoms with van der Waals surface area (Å²) in [5, 5.41) is 13.0. The molecule has 0 aromatic carbocycles. The van der Waals surface area contributed by atoms with Crippen LogP contribution in [-0.2, 0) is 16.1 Å². The minimum atomic E-state index is -1.17. The van der Waals surface area contributed by atoms with Crippen LogP contribution in [0.2, 0.25) is 0 Å². The fourth-order valence-corrected chi connectivity index (χ4v) is 2.04. The monoisotopic (exact) mass is 302 g/mol. The zero-order chi connectivity index (χ0) is 15.3. The minimum absolute atomic E-state index is 0.102. The van der Waals surface area contributed by atoms with Crippen molar-refractivity contribution in [1.82, 2.24) is 9.88 Å². The summed E-state index contributed by atoms with van der Waals surface area (Å²) in [6, 6.07) is -1.10. The van der Waals surface area contributed by atoms with Crippen molar-refractivity contribution in [1.29, 1.82) is 0 Å². The van der Waals surface area contributed by atoms with Crippen LogP contribution in [0.4, 0.5) is 4.79 Å². The Morgan fingerprint density at radius 3 is 2.60 bits per heavy atom. The third-order valence-corrected chi connectivity index (χ3v) is 2.99. The summed E-state index contributed by atoms with van der Waals surface area (Å²) in [5.41, 5.74) is -0.697. The lowest BCUT2D eigenvalue weighted by atomic mass is 10.2. The molecule has 8 heteroatoms. The molecule has 0 radical (unpaired) electrons. The van der Waals surface area contributed by atoms with E-state index in [0.29, 0.717) is 0 Å². The first-order valence-corrected chi connectivity index (χ1v) is 6.93. The van der Waals surface area contributed by atoms with Gasteiger partial charge in [0.2, 0.25) is 0 Å². The van der Waals surface area contributed by atoms with Gasteiger partial charge in [-0.25, -0.2) is 9.59 Å². The number of carbonyl (C=O) groups is 2. The standard InChI is InChI=1S/C12H18N2O5S/c1-12(2,3)19-10(17)13-8(9(15)16)4-5-14-6-7-20-11(14)18/h6-8H,4-5H2,1-3H3,(H,13,17)(H,15,16). The van der Waals surface area contributed by atoms with Crippen LogP contribution in [0.3, 0.4) is 0 Å². The van der Waals surface area contributed by atoms with Crippen LogP contribution in [0, 0.1) is 0 Å². The number of carbonyl (C=O) groups excluding carboxylic acids is 1. The number of nitrogens with one attached hydrogen (secondary N) is 1. The van der Waals surface area contributed by atoms with E-state index in [4.69, 9.17) is 9.84 Å². The molecule has 0 saturated heterocycles. The molecule has 2 N–H and O–H groups in total. The number of amides is 1. The normalized spacial score (nSPS) is 12.8.